The molecule has 0 saturated carbocycles. The van der Waals surface area contributed by atoms with Gasteiger partial charge in [0.15, 0.2) is 0 Å². The smallest absolute Gasteiger partial charge is 0.376 e. The number of halogens is 7. The predicted molar refractivity (Wildman–Crippen MR) is 121 cm³/mol. The Kier molecular flexibility index (Phi) is 7.85. The number of hydrogen-bond acceptors (Lipinski definition) is 3. The van der Waals surface area contributed by atoms with Crippen molar-refractivity contribution >= 4 is 5.91 Å². The van der Waals surface area contributed by atoms with Crippen molar-refractivity contribution in [2.45, 2.75) is 56.5 Å². The van der Waals surface area contributed by atoms with Crippen LogP contribution in [0.2, 0.25) is 0 Å². The lowest BCUT2D eigenvalue weighted by Crippen LogP contribution is -2.55. The second kappa shape index (κ2) is 10.6. The van der Waals surface area contributed by atoms with Gasteiger partial charge in [0.2, 0.25) is 5.91 Å². The molecule has 2 fully saturated rings. The van der Waals surface area contributed by atoms with Gasteiger partial charge in [-0.25, -0.2) is 9.40 Å². The number of alkyl halides is 6. The maximum atomic E-state index is 13.6. The molecule has 2 aliphatic heterocycles. The van der Waals surface area contributed by atoms with E-state index in [2.05, 4.69) is 0 Å². The lowest BCUT2D eigenvalue weighted by Gasteiger charge is -2.46. The Morgan fingerprint density at radius 3 is 1.97 bits per heavy atom. The molecule has 202 valence electrons. The number of hydrogen-bond donors (Lipinski definition) is 0. The van der Waals surface area contributed by atoms with Crippen molar-refractivity contribution in [1.82, 2.24) is 10.0 Å². The number of rotatable bonds is 6. The van der Waals surface area contributed by atoms with Crippen LogP contribution in [0.4, 0.5) is 30.7 Å². The van der Waals surface area contributed by atoms with Gasteiger partial charge in [0.05, 0.1) is 24.3 Å². The lowest BCUT2D eigenvalue weighted by molar-refractivity contribution is -0.157. The molecular formula is C26H27F7N2O2. The fourth-order valence-corrected chi connectivity index (χ4v) is 5.04. The van der Waals surface area contributed by atoms with Crippen LogP contribution in [0.3, 0.4) is 0 Å². The minimum absolute atomic E-state index is 0.0119. The highest BCUT2D eigenvalue weighted by atomic mass is 19.4. The van der Waals surface area contributed by atoms with Crippen LogP contribution < -0.4 is 0 Å². The first-order valence-corrected chi connectivity index (χ1v) is 12.0. The number of carbonyl (C=O) groups is 1. The van der Waals surface area contributed by atoms with Gasteiger partial charge in [-0.3, -0.25) is 9.80 Å². The van der Waals surface area contributed by atoms with E-state index in [0.29, 0.717) is 51.0 Å². The summed E-state index contributed by atoms with van der Waals surface area (Å²) in [5.41, 5.74) is -2.91. The van der Waals surface area contributed by atoms with E-state index in [4.69, 9.17) is 4.74 Å². The van der Waals surface area contributed by atoms with Crippen LogP contribution in [-0.4, -0.2) is 42.2 Å². The Labute approximate surface area is 210 Å². The van der Waals surface area contributed by atoms with Crippen LogP contribution in [0.15, 0.2) is 42.5 Å². The maximum Gasteiger partial charge on any atom is 0.416 e. The summed E-state index contributed by atoms with van der Waals surface area (Å²) in [5.74, 6) is -0.374. The van der Waals surface area contributed by atoms with E-state index < -0.39 is 41.3 Å². The molecule has 0 aromatic heterocycles. The van der Waals surface area contributed by atoms with Crippen molar-refractivity contribution < 1.29 is 40.3 Å². The van der Waals surface area contributed by atoms with Crippen molar-refractivity contribution in [2.24, 2.45) is 0 Å². The van der Waals surface area contributed by atoms with Crippen LogP contribution >= 0.6 is 0 Å². The Bertz CT molecular complexity index is 1060. The van der Waals surface area contributed by atoms with E-state index in [-0.39, 0.29) is 24.1 Å². The van der Waals surface area contributed by atoms with Crippen LogP contribution in [0.5, 0.6) is 0 Å². The monoisotopic (exact) mass is 532 g/mol. The molecule has 0 aliphatic carbocycles. The molecule has 1 amide bonds. The van der Waals surface area contributed by atoms with Crippen LogP contribution in [0.25, 0.3) is 0 Å². The summed E-state index contributed by atoms with van der Waals surface area (Å²) in [6.45, 7) is 1.21. The van der Waals surface area contributed by atoms with Gasteiger partial charge < -0.3 is 4.74 Å². The topological polar surface area (TPSA) is 32.8 Å². The molecule has 4 rings (SSSR count). The second-order valence-corrected chi connectivity index (χ2v) is 9.62. The van der Waals surface area contributed by atoms with Crippen molar-refractivity contribution in [3.8, 4) is 0 Å². The van der Waals surface area contributed by atoms with Crippen LogP contribution in [0.1, 0.15) is 54.4 Å². The predicted octanol–water partition coefficient (Wildman–Crippen LogP) is 6.34. The van der Waals surface area contributed by atoms with Crippen molar-refractivity contribution in [3.05, 3.63) is 70.5 Å². The van der Waals surface area contributed by atoms with E-state index in [9.17, 15) is 35.5 Å². The first-order chi connectivity index (χ1) is 17.4. The Hall–Kier alpha value is -2.66. The Balaban J connectivity index is 1.52. The second-order valence-electron chi connectivity index (χ2n) is 9.62. The van der Waals surface area contributed by atoms with Gasteiger partial charge in [-0.2, -0.15) is 26.3 Å². The first kappa shape index (κ1) is 27.4. The average molecular weight is 532 g/mol. The van der Waals surface area contributed by atoms with Crippen molar-refractivity contribution in [2.75, 3.05) is 26.2 Å². The fraction of sp³-hybridized carbons (Fsp3) is 0.500. The molecule has 4 nitrogen and oxygen atoms in total. The van der Waals surface area contributed by atoms with Crippen molar-refractivity contribution in [1.29, 1.82) is 0 Å². The Morgan fingerprint density at radius 1 is 0.838 bits per heavy atom. The highest BCUT2D eigenvalue weighted by Gasteiger charge is 2.40. The van der Waals surface area contributed by atoms with Crippen molar-refractivity contribution in [3.63, 3.8) is 0 Å². The van der Waals surface area contributed by atoms with Crippen LogP contribution in [0, 0.1) is 5.82 Å². The van der Waals surface area contributed by atoms with Gasteiger partial charge in [0.25, 0.3) is 0 Å². The number of carbonyl (C=O) groups excluding carboxylic acids is 1. The molecule has 11 heteroatoms. The summed E-state index contributed by atoms with van der Waals surface area (Å²) in [5, 5.41) is 3.73. The van der Waals surface area contributed by atoms with E-state index in [1.807, 2.05) is 5.01 Å². The first-order valence-electron chi connectivity index (χ1n) is 12.0. The molecule has 0 atom stereocenters. The molecule has 0 radical (unpaired) electrons. The normalized spacial score (nSPS) is 19.3. The maximum absolute atomic E-state index is 13.6. The molecular weight excluding hydrogens is 505 g/mol. The molecule has 2 saturated heterocycles. The number of hydrazine groups is 1. The molecule has 0 bridgehead atoms. The third-order valence-corrected chi connectivity index (χ3v) is 7.09. The number of piperidine rings is 2. The van der Waals surface area contributed by atoms with Gasteiger partial charge in [-0.15, -0.1) is 0 Å². The minimum atomic E-state index is -4.94. The van der Waals surface area contributed by atoms with E-state index in [0.717, 1.165) is 18.4 Å². The molecule has 2 aromatic rings. The molecule has 2 aliphatic rings. The molecule has 0 unspecified atom stereocenters. The standard InChI is InChI=1S/C26H27F7N2O2/c27-22-6-4-19(5-7-22)24(8-11-34(12-9-24)35-10-2-1-3-23(35)36)17-37-16-18-13-20(25(28,29)30)15-21(14-18)26(31,32)33/h4-7,13-15H,1-3,8-12,16-17H2. The number of nitrogens with zero attached hydrogens (tertiary/aromatic N) is 2. The number of ether oxygens (including phenoxy) is 1. The molecule has 0 N–H and O–H groups in total. The summed E-state index contributed by atoms with van der Waals surface area (Å²) >= 11 is 0. The highest BCUT2D eigenvalue weighted by molar-refractivity contribution is 5.76. The number of amides is 1. The van der Waals surface area contributed by atoms with Gasteiger partial charge in [0, 0.05) is 31.5 Å². The molecule has 2 aromatic carbocycles. The highest BCUT2D eigenvalue weighted by Crippen LogP contribution is 2.39. The van der Waals surface area contributed by atoms with Gasteiger partial charge in [-0.05, 0) is 67.1 Å². The molecule has 0 spiro atoms. The fourth-order valence-electron chi connectivity index (χ4n) is 5.04. The summed E-state index contributed by atoms with van der Waals surface area (Å²) < 4.78 is 98.6. The van der Waals surface area contributed by atoms with Crippen LogP contribution in [-0.2, 0) is 33.9 Å². The zero-order valence-electron chi connectivity index (χ0n) is 20.0. The van der Waals surface area contributed by atoms with E-state index in [1.54, 1.807) is 17.1 Å². The SMILES string of the molecule is O=C1CCCCN1N1CCC(COCc2cc(C(F)(F)F)cc(C(F)(F)F)c2)(c2ccc(F)cc2)CC1. The van der Waals surface area contributed by atoms with Gasteiger partial charge >= 0.3 is 12.4 Å². The Morgan fingerprint density at radius 2 is 1.43 bits per heavy atom. The van der Waals surface area contributed by atoms with Gasteiger partial charge in [-0.1, -0.05) is 12.1 Å². The molecule has 2 heterocycles. The zero-order chi connectivity index (χ0) is 26.8. The zero-order valence-corrected chi connectivity index (χ0v) is 20.0. The number of benzene rings is 2. The van der Waals surface area contributed by atoms with E-state index >= 15 is 0 Å². The summed E-state index contributed by atoms with van der Waals surface area (Å²) in [7, 11) is 0. The third-order valence-electron chi connectivity index (χ3n) is 7.09. The lowest BCUT2D eigenvalue weighted by atomic mass is 9.73. The largest absolute Gasteiger partial charge is 0.416 e. The summed E-state index contributed by atoms with van der Waals surface area (Å²) in [4.78, 5) is 12.3. The summed E-state index contributed by atoms with van der Waals surface area (Å²) in [6, 6.07) is 7.24. The molecule has 37 heavy (non-hydrogen) atoms. The minimum Gasteiger partial charge on any atom is -0.376 e. The average Bonchev–Trinajstić information content (AvgIpc) is 2.84. The van der Waals surface area contributed by atoms with E-state index in [1.165, 1.54) is 12.1 Å². The third kappa shape index (κ3) is 6.43. The summed E-state index contributed by atoms with van der Waals surface area (Å²) in [6.07, 6.45) is -6.61. The quantitative estimate of drug-likeness (QED) is 0.407. The van der Waals surface area contributed by atoms with Gasteiger partial charge in [0.1, 0.15) is 5.82 Å².